The smallest absolute Gasteiger partial charge is 0.318 e. The molecule has 1 atom stereocenters. The van der Waals surface area contributed by atoms with Gasteiger partial charge in [0, 0.05) is 21.0 Å². The van der Waals surface area contributed by atoms with Crippen molar-refractivity contribution in [2.75, 3.05) is 32.3 Å². The molecule has 0 aromatic heterocycles. The first-order valence-electron chi connectivity index (χ1n) is 8.28. The molecule has 0 aromatic rings. The summed E-state index contributed by atoms with van der Waals surface area (Å²) in [7, 11) is -5.35. The first kappa shape index (κ1) is 25.6. The van der Waals surface area contributed by atoms with Crippen molar-refractivity contribution in [2.45, 2.75) is 65.2 Å². The van der Waals surface area contributed by atoms with Crippen LogP contribution in [0.2, 0.25) is 0 Å². The summed E-state index contributed by atoms with van der Waals surface area (Å²) in [6.07, 6.45) is 13.2. The van der Waals surface area contributed by atoms with Gasteiger partial charge >= 0.3 is 13.5 Å². The van der Waals surface area contributed by atoms with Crippen LogP contribution in [0, 0.1) is 0 Å². The number of hydrogen-bond donors (Lipinski definition) is 1. The maximum atomic E-state index is 11.2. The van der Waals surface area contributed by atoms with Crippen molar-refractivity contribution in [3.05, 3.63) is 0 Å². The van der Waals surface area contributed by atoms with Crippen molar-refractivity contribution in [3.63, 3.8) is 0 Å². The highest BCUT2D eigenvalue weighted by Gasteiger charge is 2.51. The van der Waals surface area contributed by atoms with Gasteiger partial charge in [0.1, 0.15) is 0 Å². The van der Waals surface area contributed by atoms with Crippen LogP contribution in [0.1, 0.15) is 59.3 Å². The molecule has 0 radical (unpaired) electrons. The van der Waals surface area contributed by atoms with Gasteiger partial charge in [-0.15, -0.1) is 0 Å². The van der Waals surface area contributed by atoms with E-state index in [-0.39, 0.29) is 0 Å². The van der Waals surface area contributed by atoms with Crippen LogP contribution in [0.5, 0.6) is 0 Å². The Hall–Kier alpha value is 0.370. The predicted octanol–water partition coefficient (Wildman–Crippen LogP) is 6.37. The lowest BCUT2D eigenvalue weighted by molar-refractivity contribution is -0.0684. The Morgan fingerprint density at radius 3 is 1.39 bits per heavy atom. The second kappa shape index (κ2) is 12.7. The van der Waals surface area contributed by atoms with Crippen LogP contribution in [0.3, 0.4) is 0 Å². The summed E-state index contributed by atoms with van der Waals surface area (Å²) in [6, 6.07) is 0. The zero-order valence-corrected chi connectivity index (χ0v) is 16.9. The first-order valence-corrected chi connectivity index (χ1v) is 12.7. The largest absolute Gasteiger partial charge is 0.493 e. The van der Waals surface area contributed by atoms with Crippen molar-refractivity contribution in [1.82, 2.24) is 0 Å². The Balaban J connectivity index is 0. The molecule has 8 heteroatoms. The number of hydrogen-bond acceptors (Lipinski definition) is 2. The predicted molar refractivity (Wildman–Crippen MR) is 95.1 cm³/mol. The minimum Gasteiger partial charge on any atom is -0.318 e. The van der Waals surface area contributed by atoms with Gasteiger partial charge in [0.15, 0.2) is 0 Å². The van der Waals surface area contributed by atoms with E-state index in [0.717, 1.165) is 0 Å². The van der Waals surface area contributed by atoms with Gasteiger partial charge in [-0.25, -0.2) is 0 Å². The van der Waals surface area contributed by atoms with Crippen LogP contribution in [-0.4, -0.2) is 43.1 Å². The topological polar surface area (TPSA) is 46.5 Å². The van der Waals surface area contributed by atoms with Crippen LogP contribution < -0.4 is 0 Å². The normalized spacial score (nSPS) is 14.8. The second-order valence-corrected chi connectivity index (χ2v) is 12.5. The van der Waals surface area contributed by atoms with Crippen molar-refractivity contribution in [3.8, 4) is 0 Å². The fourth-order valence-electron chi connectivity index (χ4n) is 2.06. The van der Waals surface area contributed by atoms with E-state index in [1.165, 1.54) is 38.5 Å². The minimum atomic E-state index is -5.36. The van der Waals surface area contributed by atoms with E-state index >= 15 is 0 Å². The number of alkyl halides is 3. The molecule has 0 aliphatic heterocycles. The Morgan fingerprint density at radius 2 is 1.26 bits per heavy atom. The average molecular weight is 381 g/mol. The molecule has 3 nitrogen and oxygen atoms in total. The van der Waals surface area contributed by atoms with E-state index in [0.29, 0.717) is 7.11 Å². The molecule has 0 amide bonds. The van der Waals surface area contributed by atoms with Crippen LogP contribution in [-0.2, 0) is 9.09 Å². The number of halogens is 3. The Labute approximate surface area is 140 Å². The third kappa shape index (κ3) is 12.4. The summed E-state index contributed by atoms with van der Waals surface area (Å²) < 4.78 is 46.7. The molecule has 0 spiro atoms. The molecule has 0 rings (SSSR count). The third-order valence-corrected chi connectivity index (χ3v) is 9.05. The molecule has 23 heavy (non-hydrogen) atoms. The van der Waals surface area contributed by atoms with Crippen molar-refractivity contribution < 1.29 is 27.2 Å². The van der Waals surface area contributed by atoms with E-state index < -0.39 is 20.8 Å². The fraction of sp³-hybridized carbons (Fsp3) is 1.00. The van der Waals surface area contributed by atoms with Gasteiger partial charge in [0.2, 0.25) is 0 Å². The minimum absolute atomic E-state index is 0.519. The molecule has 0 heterocycles. The zero-order chi connectivity index (χ0) is 18.6. The second-order valence-electron chi connectivity index (χ2n) is 6.02. The van der Waals surface area contributed by atoms with E-state index in [2.05, 4.69) is 32.0 Å². The summed E-state index contributed by atoms with van der Waals surface area (Å²) in [4.78, 5) is 7.87. The van der Waals surface area contributed by atoms with Gasteiger partial charge in [-0.3, -0.25) is 4.57 Å². The standard InChI is InChI=1S/C13H30P.C2H4F3O3P/c1-5-8-11-14(4,12-9-6-2)13-10-7-3;1-8-9(6,7)2(3,4)5/h5-13H2,1-4H3;1H3,(H,6,7)/q+1;. The molecule has 1 N–H and O–H groups in total. The summed E-state index contributed by atoms with van der Waals surface area (Å²) in [5, 5.41) is 0. The lowest BCUT2D eigenvalue weighted by Gasteiger charge is -2.22. The summed E-state index contributed by atoms with van der Waals surface area (Å²) in [5.74, 6) is -5.16. The highest BCUT2D eigenvalue weighted by molar-refractivity contribution is 7.75. The van der Waals surface area contributed by atoms with Gasteiger partial charge < -0.3 is 9.42 Å². The Kier molecular flexibility index (Phi) is 14.1. The van der Waals surface area contributed by atoms with E-state index in [9.17, 15) is 17.7 Å². The maximum absolute atomic E-state index is 11.2. The molecule has 0 fully saturated rings. The van der Waals surface area contributed by atoms with E-state index in [1.807, 2.05) is 0 Å². The number of rotatable bonds is 10. The van der Waals surface area contributed by atoms with E-state index in [1.54, 1.807) is 18.5 Å². The van der Waals surface area contributed by atoms with Crippen LogP contribution in [0.25, 0.3) is 0 Å². The molecule has 0 aromatic carbocycles. The SMILES string of the molecule is CCCC[P+](C)(CCCC)CCCC.COP(=O)(O)C(F)(F)F. The van der Waals surface area contributed by atoms with Crippen molar-refractivity contribution in [2.24, 2.45) is 0 Å². The molecule has 0 aliphatic rings. The van der Waals surface area contributed by atoms with Crippen LogP contribution >= 0.6 is 14.9 Å². The van der Waals surface area contributed by atoms with Gasteiger partial charge in [0.25, 0.3) is 0 Å². The molecule has 0 saturated heterocycles. The molecule has 0 aliphatic carbocycles. The Morgan fingerprint density at radius 1 is 0.957 bits per heavy atom. The van der Waals surface area contributed by atoms with Gasteiger partial charge in [-0.05, 0) is 19.3 Å². The van der Waals surface area contributed by atoms with Crippen molar-refractivity contribution in [1.29, 1.82) is 0 Å². The maximum Gasteiger partial charge on any atom is 0.493 e. The van der Waals surface area contributed by atoms with Crippen LogP contribution in [0.15, 0.2) is 0 Å². The monoisotopic (exact) mass is 381 g/mol. The lowest BCUT2D eigenvalue weighted by Crippen LogP contribution is -2.08. The molecular formula is C15H34F3O3P2+. The lowest BCUT2D eigenvalue weighted by atomic mass is 10.4. The van der Waals surface area contributed by atoms with Crippen molar-refractivity contribution >= 4 is 14.9 Å². The van der Waals surface area contributed by atoms with E-state index in [4.69, 9.17) is 4.89 Å². The highest BCUT2D eigenvalue weighted by atomic mass is 31.2. The number of unbranched alkanes of at least 4 members (excludes halogenated alkanes) is 3. The summed E-state index contributed by atoms with van der Waals surface area (Å²) >= 11 is 0. The third-order valence-electron chi connectivity index (χ3n) is 3.72. The Bertz CT molecular complexity index is 315. The van der Waals surface area contributed by atoms with Gasteiger partial charge in [-0.2, -0.15) is 13.2 Å². The molecule has 0 bridgehead atoms. The first-order chi connectivity index (χ1) is 10.5. The van der Waals surface area contributed by atoms with Crippen LogP contribution in [0.4, 0.5) is 13.2 Å². The fourth-order valence-corrected chi connectivity index (χ4v) is 6.18. The molecular weight excluding hydrogens is 347 g/mol. The van der Waals surface area contributed by atoms with Gasteiger partial charge in [-0.1, -0.05) is 40.0 Å². The van der Waals surface area contributed by atoms with Gasteiger partial charge in [0.05, 0.1) is 18.5 Å². The molecule has 142 valence electrons. The molecule has 0 saturated carbocycles. The zero-order valence-electron chi connectivity index (χ0n) is 15.2. The quantitative estimate of drug-likeness (QED) is 0.447. The highest BCUT2D eigenvalue weighted by Crippen LogP contribution is 2.58. The summed E-state index contributed by atoms with van der Waals surface area (Å²) in [5.41, 5.74) is 0. The average Bonchev–Trinajstić information content (AvgIpc) is 2.48. The summed E-state index contributed by atoms with van der Waals surface area (Å²) in [6.45, 7) is 9.59. The molecule has 1 unspecified atom stereocenters.